The van der Waals surface area contributed by atoms with E-state index < -0.39 is 0 Å². The van der Waals surface area contributed by atoms with Gasteiger partial charge in [-0.2, -0.15) is 0 Å². The number of hydrogen-bond donors (Lipinski definition) is 2. The van der Waals surface area contributed by atoms with Crippen LogP contribution >= 0.6 is 0 Å². The third-order valence-corrected chi connectivity index (χ3v) is 5.21. The molecule has 1 aromatic carbocycles. The zero-order chi connectivity index (χ0) is 20.0. The SMILES string of the molecule is CCNC(=NCc1nnc2n1CCCCC2)NCC(C)(C)c1cccc(F)c1. The van der Waals surface area contributed by atoms with Gasteiger partial charge in [0, 0.05) is 31.5 Å². The van der Waals surface area contributed by atoms with Crippen molar-refractivity contribution in [3.63, 3.8) is 0 Å². The number of guanidine groups is 1. The Kier molecular flexibility index (Phi) is 6.65. The van der Waals surface area contributed by atoms with Crippen LogP contribution < -0.4 is 10.6 Å². The van der Waals surface area contributed by atoms with E-state index in [1.807, 2.05) is 13.0 Å². The van der Waals surface area contributed by atoms with Gasteiger partial charge in [0.15, 0.2) is 11.8 Å². The summed E-state index contributed by atoms with van der Waals surface area (Å²) in [6, 6.07) is 6.78. The smallest absolute Gasteiger partial charge is 0.191 e. The normalized spacial score (nSPS) is 15.1. The lowest BCUT2D eigenvalue weighted by atomic mass is 9.84. The highest BCUT2D eigenvalue weighted by molar-refractivity contribution is 5.79. The summed E-state index contributed by atoms with van der Waals surface area (Å²) in [7, 11) is 0. The van der Waals surface area contributed by atoms with Gasteiger partial charge in [0.2, 0.25) is 0 Å². The molecule has 0 saturated heterocycles. The number of benzene rings is 1. The fourth-order valence-corrected chi connectivity index (χ4v) is 3.47. The minimum Gasteiger partial charge on any atom is -0.357 e. The van der Waals surface area contributed by atoms with Gasteiger partial charge in [-0.05, 0) is 37.5 Å². The first-order chi connectivity index (χ1) is 13.5. The molecule has 1 aromatic heterocycles. The predicted molar refractivity (Wildman–Crippen MR) is 110 cm³/mol. The summed E-state index contributed by atoms with van der Waals surface area (Å²) in [4.78, 5) is 4.71. The molecule has 6 nitrogen and oxygen atoms in total. The fraction of sp³-hybridized carbons (Fsp3) is 0.571. The van der Waals surface area contributed by atoms with Crippen LogP contribution in [0.2, 0.25) is 0 Å². The number of nitrogens with zero attached hydrogens (tertiary/aromatic N) is 4. The first-order valence-corrected chi connectivity index (χ1v) is 10.2. The Morgan fingerprint density at radius 1 is 1.21 bits per heavy atom. The van der Waals surface area contributed by atoms with Crippen LogP contribution in [0.4, 0.5) is 4.39 Å². The van der Waals surface area contributed by atoms with Crippen LogP contribution in [0.5, 0.6) is 0 Å². The van der Waals surface area contributed by atoms with Crippen LogP contribution in [0.15, 0.2) is 29.3 Å². The number of halogens is 1. The second-order valence-corrected chi connectivity index (χ2v) is 7.94. The highest BCUT2D eigenvalue weighted by Gasteiger charge is 2.21. The molecular weight excluding hydrogens is 355 g/mol. The largest absolute Gasteiger partial charge is 0.357 e. The van der Waals surface area contributed by atoms with Crippen LogP contribution in [0.3, 0.4) is 0 Å². The molecule has 0 saturated carbocycles. The zero-order valence-corrected chi connectivity index (χ0v) is 17.1. The van der Waals surface area contributed by atoms with E-state index >= 15 is 0 Å². The van der Waals surface area contributed by atoms with E-state index in [0.29, 0.717) is 13.1 Å². The first-order valence-electron chi connectivity index (χ1n) is 10.2. The average molecular weight is 387 g/mol. The topological polar surface area (TPSA) is 67.1 Å². The average Bonchev–Trinajstić information content (AvgIpc) is 2.90. The van der Waals surface area contributed by atoms with Crippen molar-refractivity contribution in [3.8, 4) is 0 Å². The Morgan fingerprint density at radius 3 is 2.86 bits per heavy atom. The molecule has 7 heteroatoms. The number of aryl methyl sites for hydroxylation is 1. The van der Waals surface area contributed by atoms with Crippen molar-refractivity contribution in [2.24, 2.45) is 4.99 Å². The number of nitrogens with one attached hydrogen (secondary N) is 2. The molecule has 28 heavy (non-hydrogen) atoms. The van der Waals surface area contributed by atoms with Gasteiger partial charge in [-0.1, -0.05) is 32.4 Å². The molecule has 2 N–H and O–H groups in total. The van der Waals surface area contributed by atoms with Gasteiger partial charge in [0.25, 0.3) is 0 Å². The lowest BCUT2D eigenvalue weighted by Crippen LogP contribution is -2.43. The summed E-state index contributed by atoms with van der Waals surface area (Å²) >= 11 is 0. The Labute approximate surface area is 166 Å². The maximum Gasteiger partial charge on any atom is 0.191 e. The molecule has 152 valence electrons. The zero-order valence-electron chi connectivity index (χ0n) is 17.1. The van der Waals surface area contributed by atoms with E-state index in [1.54, 1.807) is 12.1 Å². The maximum absolute atomic E-state index is 13.6. The van der Waals surface area contributed by atoms with E-state index in [9.17, 15) is 4.39 Å². The summed E-state index contributed by atoms with van der Waals surface area (Å²) in [5.41, 5.74) is 0.725. The quantitative estimate of drug-likeness (QED) is 0.591. The van der Waals surface area contributed by atoms with Gasteiger partial charge in [0.05, 0.1) is 0 Å². The van der Waals surface area contributed by atoms with Gasteiger partial charge in [0.1, 0.15) is 18.2 Å². The molecule has 0 atom stereocenters. The number of fused-ring (bicyclic) bond motifs is 1. The second-order valence-electron chi connectivity index (χ2n) is 7.94. The van der Waals surface area contributed by atoms with Crippen LogP contribution in [0, 0.1) is 5.82 Å². The third-order valence-electron chi connectivity index (χ3n) is 5.21. The van der Waals surface area contributed by atoms with Crippen LogP contribution in [-0.2, 0) is 24.9 Å². The van der Waals surface area contributed by atoms with E-state index in [4.69, 9.17) is 4.99 Å². The van der Waals surface area contributed by atoms with E-state index in [1.165, 1.54) is 25.3 Å². The Morgan fingerprint density at radius 2 is 2.07 bits per heavy atom. The van der Waals surface area contributed by atoms with Gasteiger partial charge in [-0.3, -0.25) is 0 Å². The molecule has 0 bridgehead atoms. The molecule has 0 unspecified atom stereocenters. The van der Waals surface area contributed by atoms with Crippen molar-refractivity contribution >= 4 is 5.96 Å². The van der Waals surface area contributed by atoms with Crippen LogP contribution in [-0.4, -0.2) is 33.8 Å². The molecule has 1 aliphatic heterocycles. The number of hydrogen-bond acceptors (Lipinski definition) is 3. The number of aliphatic imine (C=N–C) groups is 1. The van der Waals surface area contributed by atoms with E-state index in [-0.39, 0.29) is 11.2 Å². The summed E-state index contributed by atoms with van der Waals surface area (Å²) in [6.07, 6.45) is 4.59. The molecule has 1 aliphatic rings. The van der Waals surface area contributed by atoms with Crippen molar-refractivity contribution in [3.05, 3.63) is 47.3 Å². The van der Waals surface area contributed by atoms with Crippen molar-refractivity contribution in [2.75, 3.05) is 13.1 Å². The highest BCUT2D eigenvalue weighted by atomic mass is 19.1. The molecule has 3 rings (SSSR count). The molecule has 2 aromatic rings. The number of aromatic nitrogens is 3. The summed E-state index contributed by atoms with van der Waals surface area (Å²) in [5, 5.41) is 15.4. The van der Waals surface area contributed by atoms with E-state index in [2.05, 4.69) is 39.2 Å². The minimum atomic E-state index is -0.232. The van der Waals surface area contributed by atoms with Gasteiger partial charge >= 0.3 is 0 Å². The van der Waals surface area contributed by atoms with Crippen molar-refractivity contribution in [2.45, 2.75) is 65.0 Å². The molecule has 0 fully saturated rings. The van der Waals surface area contributed by atoms with Crippen molar-refractivity contribution in [1.29, 1.82) is 0 Å². The third kappa shape index (κ3) is 5.09. The molecule has 0 radical (unpaired) electrons. The first kappa shape index (κ1) is 20.3. The van der Waals surface area contributed by atoms with Gasteiger partial charge in [-0.15, -0.1) is 10.2 Å². The van der Waals surface area contributed by atoms with Crippen molar-refractivity contribution < 1.29 is 4.39 Å². The summed E-state index contributed by atoms with van der Waals surface area (Å²) in [5.74, 6) is 2.52. The molecule has 2 heterocycles. The summed E-state index contributed by atoms with van der Waals surface area (Å²) < 4.78 is 15.8. The highest BCUT2D eigenvalue weighted by Crippen LogP contribution is 2.22. The van der Waals surface area contributed by atoms with Crippen molar-refractivity contribution in [1.82, 2.24) is 25.4 Å². The number of rotatable bonds is 6. The molecule has 0 aliphatic carbocycles. The standard InChI is InChI=1S/C21H31FN6/c1-4-23-20(25-15-21(2,3)16-9-8-10-17(22)13-16)24-14-19-27-26-18-11-6-5-7-12-28(18)19/h8-10,13H,4-7,11-12,14-15H2,1-3H3,(H2,23,24,25). The maximum atomic E-state index is 13.6. The fourth-order valence-electron chi connectivity index (χ4n) is 3.47. The van der Waals surface area contributed by atoms with Crippen LogP contribution in [0.1, 0.15) is 57.2 Å². The van der Waals surface area contributed by atoms with Gasteiger partial charge in [-0.25, -0.2) is 9.38 Å². The lowest BCUT2D eigenvalue weighted by Gasteiger charge is -2.27. The monoisotopic (exact) mass is 386 g/mol. The minimum absolute atomic E-state index is 0.210. The Bertz CT molecular complexity index is 811. The molecular formula is C21H31FN6. The van der Waals surface area contributed by atoms with Gasteiger partial charge < -0.3 is 15.2 Å². The summed E-state index contributed by atoms with van der Waals surface area (Å²) in [6.45, 7) is 9.10. The molecule has 0 amide bonds. The lowest BCUT2D eigenvalue weighted by molar-refractivity contribution is 0.503. The second kappa shape index (κ2) is 9.17. The molecule has 0 spiro atoms. The Hall–Kier alpha value is -2.44. The van der Waals surface area contributed by atoms with E-state index in [0.717, 1.165) is 42.7 Å². The Balaban J connectivity index is 1.67. The predicted octanol–water partition coefficient (Wildman–Crippen LogP) is 3.18. The van der Waals surface area contributed by atoms with Crippen LogP contribution in [0.25, 0.3) is 0 Å².